The van der Waals surface area contributed by atoms with E-state index in [9.17, 15) is 18.4 Å². The summed E-state index contributed by atoms with van der Waals surface area (Å²) < 4.78 is 26.9. The average Bonchev–Trinajstić information content (AvgIpc) is 2.46. The van der Waals surface area contributed by atoms with Crippen LogP contribution in [-0.4, -0.2) is 17.9 Å². The van der Waals surface area contributed by atoms with Crippen molar-refractivity contribution in [1.29, 1.82) is 5.26 Å². The number of primary amides is 1. The molecule has 1 aromatic carbocycles. The predicted octanol–water partition coefficient (Wildman–Crippen LogP) is 1.56. The molecule has 0 saturated carbocycles. The van der Waals surface area contributed by atoms with Gasteiger partial charge in [-0.05, 0) is 31.4 Å². The van der Waals surface area contributed by atoms with Crippen molar-refractivity contribution in [3.63, 3.8) is 0 Å². The molecule has 7 heteroatoms. The molecule has 0 unspecified atom stereocenters. The van der Waals surface area contributed by atoms with Crippen LogP contribution in [0.3, 0.4) is 0 Å². The number of nitrogens with two attached hydrogens (primary N) is 1. The molecular weight excluding hydrogens is 292 g/mol. The summed E-state index contributed by atoms with van der Waals surface area (Å²) in [6.45, 7) is 0. The van der Waals surface area contributed by atoms with Gasteiger partial charge in [0.05, 0.1) is 12.5 Å². The van der Waals surface area contributed by atoms with Crippen LogP contribution in [0, 0.1) is 23.0 Å². The topological polar surface area (TPSA) is 96.0 Å². The van der Waals surface area contributed by atoms with Crippen LogP contribution in [-0.2, 0) is 16.0 Å². The Labute approximate surface area is 127 Å². The molecule has 0 aromatic heterocycles. The molecular formula is C15H17F2N3O2. The molecule has 5 nitrogen and oxygen atoms in total. The van der Waals surface area contributed by atoms with Gasteiger partial charge in [-0.3, -0.25) is 9.59 Å². The van der Waals surface area contributed by atoms with Crippen molar-refractivity contribution in [2.75, 3.05) is 0 Å². The number of hydrogen-bond donors (Lipinski definition) is 2. The van der Waals surface area contributed by atoms with Crippen LogP contribution in [0.2, 0.25) is 0 Å². The second-order valence-electron chi connectivity index (χ2n) is 4.80. The fourth-order valence-corrected chi connectivity index (χ4v) is 1.95. The van der Waals surface area contributed by atoms with E-state index < -0.39 is 35.9 Å². The van der Waals surface area contributed by atoms with Gasteiger partial charge in [-0.15, -0.1) is 0 Å². The molecule has 0 bridgehead atoms. The lowest BCUT2D eigenvalue weighted by Gasteiger charge is -2.15. The number of carbonyl (C=O) groups excluding carboxylic acids is 2. The minimum Gasteiger partial charge on any atom is -0.368 e. The number of hydrogen-bond acceptors (Lipinski definition) is 3. The number of amides is 2. The number of carbonyl (C=O) groups is 2. The Hall–Kier alpha value is -2.49. The maximum atomic E-state index is 13.5. The van der Waals surface area contributed by atoms with Crippen LogP contribution in [0.25, 0.3) is 0 Å². The van der Waals surface area contributed by atoms with Gasteiger partial charge in [-0.2, -0.15) is 5.26 Å². The predicted molar refractivity (Wildman–Crippen MR) is 75.3 cm³/mol. The van der Waals surface area contributed by atoms with Crippen LogP contribution in [0.1, 0.15) is 31.2 Å². The third-order valence-corrected chi connectivity index (χ3v) is 3.11. The van der Waals surface area contributed by atoms with E-state index in [1.165, 1.54) is 6.07 Å². The smallest absolute Gasteiger partial charge is 0.239 e. The molecule has 0 radical (unpaired) electrons. The van der Waals surface area contributed by atoms with Gasteiger partial charge in [0.2, 0.25) is 11.8 Å². The van der Waals surface area contributed by atoms with Gasteiger partial charge in [0.15, 0.2) is 0 Å². The Balaban J connectivity index is 2.60. The fraction of sp³-hybridized carbons (Fsp3) is 0.400. The first-order valence-electron chi connectivity index (χ1n) is 6.84. The first-order valence-corrected chi connectivity index (χ1v) is 6.84. The number of nitrogens with one attached hydrogen (secondary N) is 1. The molecule has 0 aliphatic carbocycles. The SMILES string of the molecule is N#CCCCC[C@H](NC(=O)Cc1c(F)cccc1F)C(N)=O. The molecule has 0 heterocycles. The molecule has 22 heavy (non-hydrogen) atoms. The zero-order valence-electron chi connectivity index (χ0n) is 11.9. The van der Waals surface area contributed by atoms with Crippen molar-refractivity contribution in [2.24, 2.45) is 5.73 Å². The molecule has 1 rings (SSSR count). The standard InChI is InChI=1S/C15H17F2N3O2/c16-11-5-4-6-12(17)10(11)9-14(21)20-13(15(19)22)7-2-1-3-8-18/h4-6,13H,1-3,7,9H2,(H2,19,22)(H,20,21)/t13-/m0/s1. The maximum absolute atomic E-state index is 13.5. The van der Waals surface area contributed by atoms with Crippen molar-refractivity contribution in [3.05, 3.63) is 35.4 Å². The number of benzene rings is 1. The Kier molecular flexibility index (Phi) is 6.96. The molecule has 0 aliphatic rings. The highest BCUT2D eigenvalue weighted by Crippen LogP contribution is 2.13. The first kappa shape index (κ1) is 17.6. The summed E-state index contributed by atoms with van der Waals surface area (Å²) >= 11 is 0. The van der Waals surface area contributed by atoms with Crippen LogP contribution in [0.4, 0.5) is 8.78 Å². The summed E-state index contributed by atoms with van der Waals surface area (Å²) in [7, 11) is 0. The highest BCUT2D eigenvalue weighted by Gasteiger charge is 2.19. The summed E-state index contributed by atoms with van der Waals surface area (Å²) in [5.41, 5.74) is 4.83. The molecule has 1 atom stereocenters. The Morgan fingerprint density at radius 2 is 1.91 bits per heavy atom. The van der Waals surface area contributed by atoms with E-state index >= 15 is 0 Å². The van der Waals surface area contributed by atoms with Crippen molar-refractivity contribution in [3.8, 4) is 6.07 Å². The zero-order chi connectivity index (χ0) is 16.5. The van der Waals surface area contributed by atoms with Crippen molar-refractivity contribution in [1.82, 2.24) is 5.32 Å². The molecule has 1 aromatic rings. The molecule has 2 amide bonds. The van der Waals surface area contributed by atoms with Crippen LogP contribution in [0.15, 0.2) is 18.2 Å². The minimum absolute atomic E-state index is 0.280. The third-order valence-electron chi connectivity index (χ3n) is 3.11. The van der Waals surface area contributed by atoms with E-state index in [2.05, 4.69) is 5.32 Å². The first-order chi connectivity index (χ1) is 10.5. The van der Waals surface area contributed by atoms with Crippen molar-refractivity contribution < 1.29 is 18.4 Å². The van der Waals surface area contributed by atoms with Gasteiger partial charge in [-0.25, -0.2) is 8.78 Å². The van der Waals surface area contributed by atoms with Crippen LogP contribution >= 0.6 is 0 Å². The Bertz CT molecular complexity index is 564. The molecule has 0 fully saturated rings. The number of rotatable bonds is 8. The van der Waals surface area contributed by atoms with E-state index in [0.717, 1.165) is 12.1 Å². The summed E-state index contributed by atoms with van der Waals surface area (Å²) in [5, 5.41) is 10.8. The summed E-state index contributed by atoms with van der Waals surface area (Å²) in [6.07, 6.45) is 1.23. The second kappa shape index (κ2) is 8.72. The van der Waals surface area contributed by atoms with E-state index in [1.807, 2.05) is 6.07 Å². The average molecular weight is 309 g/mol. The van der Waals surface area contributed by atoms with Crippen LogP contribution < -0.4 is 11.1 Å². The van der Waals surface area contributed by atoms with Gasteiger partial charge in [-0.1, -0.05) is 6.07 Å². The van der Waals surface area contributed by atoms with E-state index in [-0.39, 0.29) is 12.0 Å². The van der Waals surface area contributed by atoms with E-state index in [0.29, 0.717) is 19.3 Å². The van der Waals surface area contributed by atoms with Gasteiger partial charge in [0.1, 0.15) is 17.7 Å². The third kappa shape index (κ3) is 5.48. The lowest BCUT2D eigenvalue weighted by Crippen LogP contribution is -2.45. The lowest BCUT2D eigenvalue weighted by molar-refractivity contribution is -0.127. The highest BCUT2D eigenvalue weighted by molar-refractivity contribution is 5.87. The number of nitrogens with zero attached hydrogens (tertiary/aromatic N) is 1. The number of nitriles is 1. The maximum Gasteiger partial charge on any atom is 0.239 e. The molecule has 0 saturated heterocycles. The van der Waals surface area contributed by atoms with Gasteiger partial charge < -0.3 is 11.1 Å². The molecule has 118 valence electrons. The second-order valence-corrected chi connectivity index (χ2v) is 4.80. The van der Waals surface area contributed by atoms with Crippen molar-refractivity contribution in [2.45, 2.75) is 38.1 Å². The lowest BCUT2D eigenvalue weighted by atomic mass is 10.1. The summed E-state index contributed by atoms with van der Waals surface area (Å²) in [5.74, 6) is -3.05. The Morgan fingerprint density at radius 1 is 1.27 bits per heavy atom. The summed E-state index contributed by atoms with van der Waals surface area (Å²) in [4.78, 5) is 23.1. The molecule has 0 aliphatic heterocycles. The monoisotopic (exact) mass is 309 g/mol. The zero-order valence-corrected chi connectivity index (χ0v) is 11.9. The van der Waals surface area contributed by atoms with Gasteiger partial charge in [0.25, 0.3) is 0 Å². The van der Waals surface area contributed by atoms with E-state index in [1.54, 1.807) is 0 Å². The highest BCUT2D eigenvalue weighted by atomic mass is 19.1. The normalized spacial score (nSPS) is 11.5. The fourth-order valence-electron chi connectivity index (χ4n) is 1.95. The van der Waals surface area contributed by atoms with E-state index in [4.69, 9.17) is 11.0 Å². The number of unbranched alkanes of at least 4 members (excludes halogenated alkanes) is 2. The quantitative estimate of drug-likeness (QED) is 0.713. The number of halogens is 2. The van der Waals surface area contributed by atoms with Crippen LogP contribution in [0.5, 0.6) is 0 Å². The Morgan fingerprint density at radius 3 is 2.45 bits per heavy atom. The van der Waals surface area contributed by atoms with Gasteiger partial charge >= 0.3 is 0 Å². The van der Waals surface area contributed by atoms with Gasteiger partial charge in [0, 0.05) is 12.0 Å². The summed E-state index contributed by atoms with van der Waals surface area (Å²) in [6, 6.07) is 4.37. The molecule has 0 spiro atoms. The minimum atomic E-state index is -0.916. The largest absolute Gasteiger partial charge is 0.368 e. The van der Waals surface area contributed by atoms with Crippen molar-refractivity contribution >= 4 is 11.8 Å². The molecule has 3 N–H and O–H groups in total.